The van der Waals surface area contributed by atoms with Gasteiger partial charge in [0.2, 0.25) is 11.8 Å². The van der Waals surface area contributed by atoms with Gasteiger partial charge >= 0.3 is 30.0 Å². The third-order valence-electron chi connectivity index (χ3n) is 8.84. The predicted octanol–water partition coefficient (Wildman–Crippen LogP) is 4.20. The van der Waals surface area contributed by atoms with Gasteiger partial charge in [0.1, 0.15) is 34.0 Å². The normalized spacial score (nSPS) is 12.8. The SMILES string of the molecule is CC(C)C[C@@H](NC(=O)OC(C)(C)C)C(=O)NNC(=O)Cc1ccc(CNC(=O)CN(CCN(CC(=O)OC(C)(C)C)CC(=O)OC(C)(C)C)CCN(CC(=O)OC(C)(C)C)CC(=O)OC(C)(C)C)cc1. The number of hydrogen-bond acceptors (Lipinski definition) is 16. The molecule has 1 rings (SSSR count). The Kier molecular flexibility index (Phi) is 25.0. The van der Waals surface area contributed by atoms with Crippen molar-refractivity contribution in [2.24, 2.45) is 5.92 Å². The Labute approximate surface area is 416 Å². The van der Waals surface area contributed by atoms with Crippen molar-refractivity contribution >= 4 is 47.7 Å². The minimum Gasteiger partial charge on any atom is -0.459 e. The van der Waals surface area contributed by atoms with E-state index in [1.54, 1.807) is 143 Å². The van der Waals surface area contributed by atoms with Crippen LogP contribution >= 0.6 is 0 Å². The van der Waals surface area contributed by atoms with Crippen molar-refractivity contribution in [2.45, 2.75) is 171 Å². The van der Waals surface area contributed by atoms with Crippen LogP contribution < -0.4 is 21.5 Å². The summed E-state index contributed by atoms with van der Waals surface area (Å²) in [6.45, 7) is 29.4. The van der Waals surface area contributed by atoms with E-state index in [0.29, 0.717) is 12.0 Å². The lowest BCUT2D eigenvalue weighted by Crippen LogP contribution is -2.53. The van der Waals surface area contributed by atoms with Crippen LogP contribution in [0.4, 0.5) is 4.79 Å². The van der Waals surface area contributed by atoms with Crippen molar-refractivity contribution in [3.8, 4) is 0 Å². The molecule has 20 nitrogen and oxygen atoms in total. The van der Waals surface area contributed by atoms with Gasteiger partial charge in [0, 0.05) is 32.7 Å². The number of nitrogens with zero attached hydrogens (tertiary/aromatic N) is 3. The van der Waals surface area contributed by atoms with E-state index in [-0.39, 0.29) is 83.7 Å². The molecule has 0 aliphatic carbocycles. The largest absolute Gasteiger partial charge is 0.459 e. The Hall–Kier alpha value is -5.34. The molecule has 0 spiro atoms. The van der Waals surface area contributed by atoms with E-state index in [4.69, 9.17) is 23.7 Å². The number of nitrogens with one attached hydrogen (secondary N) is 4. The maximum absolute atomic E-state index is 13.6. The average molecular weight is 992 g/mol. The lowest BCUT2D eigenvalue weighted by molar-refractivity contribution is -0.162. The second-order valence-electron chi connectivity index (χ2n) is 22.7. The van der Waals surface area contributed by atoms with Crippen molar-refractivity contribution in [1.82, 2.24) is 36.2 Å². The van der Waals surface area contributed by atoms with Crippen LogP contribution in [0.3, 0.4) is 0 Å². The third-order valence-corrected chi connectivity index (χ3v) is 8.84. The molecule has 1 aromatic rings. The maximum Gasteiger partial charge on any atom is 0.408 e. The molecule has 0 radical (unpaired) electrons. The van der Waals surface area contributed by atoms with E-state index in [9.17, 15) is 38.4 Å². The van der Waals surface area contributed by atoms with E-state index in [2.05, 4.69) is 21.5 Å². The lowest BCUT2D eigenvalue weighted by Gasteiger charge is -2.30. The van der Waals surface area contributed by atoms with Crippen LogP contribution in [0.25, 0.3) is 0 Å². The van der Waals surface area contributed by atoms with Crippen LogP contribution in [0.2, 0.25) is 0 Å². The first kappa shape index (κ1) is 62.7. The monoisotopic (exact) mass is 992 g/mol. The molecular formula is C50H85N7O13. The Morgan fingerprint density at radius 3 is 1.19 bits per heavy atom. The van der Waals surface area contributed by atoms with Crippen molar-refractivity contribution < 1.29 is 62.0 Å². The molecule has 0 heterocycles. The van der Waals surface area contributed by atoms with Gasteiger partial charge in [-0.05, 0) is 127 Å². The highest BCUT2D eigenvalue weighted by Crippen LogP contribution is 2.14. The number of hydrogen-bond donors (Lipinski definition) is 4. The molecule has 70 heavy (non-hydrogen) atoms. The fourth-order valence-corrected chi connectivity index (χ4v) is 6.32. The molecule has 0 aromatic heterocycles. The second-order valence-corrected chi connectivity index (χ2v) is 22.7. The molecule has 0 saturated carbocycles. The first-order chi connectivity index (χ1) is 31.8. The highest BCUT2D eigenvalue weighted by atomic mass is 16.6. The molecular weight excluding hydrogens is 907 g/mol. The molecule has 0 aliphatic heterocycles. The molecule has 20 heteroatoms. The van der Waals surface area contributed by atoms with Gasteiger partial charge in [0.15, 0.2) is 0 Å². The summed E-state index contributed by atoms with van der Waals surface area (Å²) in [5.41, 5.74) is 2.26. The number of amides is 4. The lowest BCUT2D eigenvalue weighted by atomic mass is 10.0. The van der Waals surface area contributed by atoms with Crippen LogP contribution in [0.15, 0.2) is 24.3 Å². The Bertz CT molecular complexity index is 1760. The van der Waals surface area contributed by atoms with Crippen LogP contribution in [0, 0.1) is 5.92 Å². The molecule has 4 amide bonds. The summed E-state index contributed by atoms with van der Waals surface area (Å²) in [6.07, 6.45) is -0.515. The smallest absolute Gasteiger partial charge is 0.408 e. The molecule has 0 saturated heterocycles. The highest BCUT2D eigenvalue weighted by molar-refractivity contribution is 5.88. The molecule has 398 valence electrons. The van der Waals surface area contributed by atoms with Crippen LogP contribution in [-0.2, 0) is 70.2 Å². The van der Waals surface area contributed by atoms with Crippen LogP contribution in [0.1, 0.15) is 135 Å². The number of rotatable bonds is 24. The number of carbonyl (C=O) groups is 8. The zero-order valence-corrected chi connectivity index (χ0v) is 45.1. The van der Waals surface area contributed by atoms with Crippen molar-refractivity contribution in [1.29, 1.82) is 0 Å². The number of benzene rings is 1. The van der Waals surface area contributed by atoms with Gasteiger partial charge in [-0.15, -0.1) is 0 Å². The molecule has 4 N–H and O–H groups in total. The average Bonchev–Trinajstić information content (AvgIpc) is 3.13. The maximum atomic E-state index is 13.6. The number of ether oxygens (including phenoxy) is 5. The van der Waals surface area contributed by atoms with Gasteiger partial charge in [-0.25, -0.2) is 4.79 Å². The number of hydrazine groups is 1. The standard InChI is InChI=1S/C50H85N7O13/c1-34(2)26-37(52-45(65)70-50(15,16)17)44(64)54-53-38(58)27-35-18-20-36(21-19-35)28-51-39(59)29-55(22-24-56(30-40(60)66-46(3,4)5)31-41(61)67-47(6,7)8)23-25-57(32-42(62)68-48(9,10)11)33-43(63)69-49(12,13)14/h18-21,34,37H,22-33H2,1-17H3,(H,51,59)(H,52,65)(H,53,58)(H,54,64)/t37-/m1/s1. The van der Waals surface area contributed by atoms with Gasteiger partial charge in [-0.3, -0.25) is 59.1 Å². The summed E-state index contributed by atoms with van der Waals surface area (Å²) in [4.78, 5) is 109. The minimum atomic E-state index is -0.942. The molecule has 0 fully saturated rings. The van der Waals surface area contributed by atoms with E-state index >= 15 is 0 Å². The van der Waals surface area contributed by atoms with Gasteiger partial charge in [-0.2, -0.15) is 0 Å². The second kappa shape index (κ2) is 27.9. The fourth-order valence-electron chi connectivity index (χ4n) is 6.32. The number of esters is 4. The van der Waals surface area contributed by atoms with Gasteiger partial charge < -0.3 is 34.3 Å². The first-order valence-corrected chi connectivity index (χ1v) is 23.8. The van der Waals surface area contributed by atoms with Gasteiger partial charge in [-0.1, -0.05) is 38.1 Å². The summed E-state index contributed by atoms with van der Waals surface area (Å²) < 4.78 is 27.5. The predicted molar refractivity (Wildman–Crippen MR) is 264 cm³/mol. The third kappa shape index (κ3) is 32.5. The zero-order valence-electron chi connectivity index (χ0n) is 45.1. The number of carbonyl (C=O) groups excluding carboxylic acids is 8. The van der Waals surface area contributed by atoms with Crippen molar-refractivity contribution in [3.63, 3.8) is 0 Å². The molecule has 0 unspecified atom stereocenters. The van der Waals surface area contributed by atoms with Crippen LogP contribution in [0.5, 0.6) is 0 Å². The zero-order chi connectivity index (χ0) is 53.8. The minimum absolute atomic E-state index is 0.0551. The van der Waals surface area contributed by atoms with Gasteiger partial charge in [0.05, 0.1) is 39.1 Å². The topological polar surface area (TPSA) is 241 Å². The molecule has 0 bridgehead atoms. The van der Waals surface area contributed by atoms with E-state index in [1.165, 1.54) is 0 Å². The Morgan fingerprint density at radius 2 is 0.829 bits per heavy atom. The quantitative estimate of drug-likeness (QED) is 0.0645. The summed E-state index contributed by atoms with van der Waals surface area (Å²) in [7, 11) is 0. The summed E-state index contributed by atoms with van der Waals surface area (Å²) in [6, 6.07) is 5.99. The summed E-state index contributed by atoms with van der Waals surface area (Å²) in [5.74, 6) is -3.64. The summed E-state index contributed by atoms with van der Waals surface area (Å²) >= 11 is 0. The Morgan fingerprint density at radius 1 is 0.471 bits per heavy atom. The molecule has 0 aliphatic rings. The van der Waals surface area contributed by atoms with Crippen molar-refractivity contribution in [2.75, 3.05) is 58.9 Å². The highest BCUT2D eigenvalue weighted by Gasteiger charge is 2.28. The van der Waals surface area contributed by atoms with E-state index in [1.807, 2.05) is 13.8 Å². The van der Waals surface area contributed by atoms with Crippen LogP contribution in [-0.4, -0.2) is 155 Å². The number of alkyl carbamates (subject to hydrolysis) is 1. The van der Waals surface area contributed by atoms with E-state index < -0.39 is 75.8 Å². The van der Waals surface area contributed by atoms with E-state index in [0.717, 1.165) is 5.56 Å². The van der Waals surface area contributed by atoms with Gasteiger partial charge in [0.25, 0.3) is 5.91 Å². The van der Waals surface area contributed by atoms with Crippen molar-refractivity contribution in [3.05, 3.63) is 35.4 Å². The molecule has 1 aromatic carbocycles. The fraction of sp³-hybridized carbons (Fsp3) is 0.720. The molecule has 1 atom stereocenters. The summed E-state index contributed by atoms with van der Waals surface area (Å²) in [5, 5.41) is 5.47. The Balaban J connectivity index is 3.22. The first-order valence-electron chi connectivity index (χ1n) is 23.8.